The minimum Gasteiger partial charge on any atom is -0.383 e. The number of methoxy groups -OCH3 is 1. The molecule has 1 saturated carbocycles. The van der Waals surface area contributed by atoms with Crippen LogP contribution in [0.25, 0.3) is 0 Å². The molecule has 118 valence electrons. The van der Waals surface area contributed by atoms with E-state index in [9.17, 15) is 8.78 Å². The van der Waals surface area contributed by atoms with Crippen molar-refractivity contribution < 1.29 is 13.5 Å². The van der Waals surface area contributed by atoms with Crippen molar-refractivity contribution in [1.82, 2.24) is 5.32 Å². The number of halogens is 2. The largest absolute Gasteiger partial charge is 0.383 e. The van der Waals surface area contributed by atoms with Crippen LogP contribution in [0.3, 0.4) is 0 Å². The van der Waals surface area contributed by atoms with Crippen molar-refractivity contribution in [2.45, 2.75) is 38.5 Å². The van der Waals surface area contributed by atoms with Gasteiger partial charge in [-0.2, -0.15) is 0 Å². The lowest BCUT2D eigenvalue weighted by atomic mass is 9.70. The molecule has 2 rings (SSSR count). The lowest BCUT2D eigenvalue weighted by Crippen LogP contribution is -2.39. The SMILES string of the molecule is COCCNCC1(Cc2cc(F)ccc2F)CCCCC1. The smallest absolute Gasteiger partial charge is 0.126 e. The molecule has 1 N–H and O–H groups in total. The Labute approximate surface area is 125 Å². The van der Waals surface area contributed by atoms with Gasteiger partial charge in [0.2, 0.25) is 0 Å². The molecule has 0 spiro atoms. The normalized spacial score (nSPS) is 17.9. The maximum atomic E-state index is 13.9. The maximum Gasteiger partial charge on any atom is 0.126 e. The molecule has 1 aromatic rings. The molecule has 0 bridgehead atoms. The fourth-order valence-electron chi connectivity index (χ4n) is 3.33. The highest BCUT2D eigenvalue weighted by atomic mass is 19.1. The highest BCUT2D eigenvalue weighted by Gasteiger charge is 2.32. The van der Waals surface area contributed by atoms with Gasteiger partial charge in [0.05, 0.1) is 6.61 Å². The number of ether oxygens (including phenoxy) is 1. The summed E-state index contributed by atoms with van der Waals surface area (Å²) in [6.45, 7) is 2.31. The Hall–Kier alpha value is -1.00. The molecule has 0 amide bonds. The zero-order chi connectivity index (χ0) is 15.1. The van der Waals surface area contributed by atoms with E-state index in [2.05, 4.69) is 5.32 Å². The van der Waals surface area contributed by atoms with E-state index in [0.717, 1.165) is 25.9 Å². The van der Waals surface area contributed by atoms with E-state index in [-0.39, 0.29) is 17.0 Å². The van der Waals surface area contributed by atoms with E-state index in [1.54, 1.807) is 7.11 Å². The van der Waals surface area contributed by atoms with Gasteiger partial charge in [-0.25, -0.2) is 8.78 Å². The van der Waals surface area contributed by atoms with Gasteiger partial charge in [0.15, 0.2) is 0 Å². The van der Waals surface area contributed by atoms with Crippen molar-refractivity contribution >= 4 is 0 Å². The number of hydrogen-bond acceptors (Lipinski definition) is 2. The fourth-order valence-corrected chi connectivity index (χ4v) is 3.33. The van der Waals surface area contributed by atoms with Crippen LogP contribution in [0.4, 0.5) is 8.78 Å². The average molecular weight is 297 g/mol. The summed E-state index contributed by atoms with van der Waals surface area (Å²) >= 11 is 0. The summed E-state index contributed by atoms with van der Waals surface area (Å²) < 4.78 is 32.4. The number of hydrogen-bond donors (Lipinski definition) is 1. The van der Waals surface area contributed by atoms with E-state index in [1.807, 2.05) is 0 Å². The van der Waals surface area contributed by atoms with Crippen LogP contribution in [0.2, 0.25) is 0 Å². The Kier molecular flexibility index (Phi) is 6.12. The third-order valence-electron chi connectivity index (χ3n) is 4.47. The molecule has 0 unspecified atom stereocenters. The van der Waals surface area contributed by atoms with E-state index in [4.69, 9.17) is 4.74 Å². The quantitative estimate of drug-likeness (QED) is 0.775. The summed E-state index contributed by atoms with van der Waals surface area (Å²) in [6, 6.07) is 3.77. The molecule has 1 aliphatic carbocycles. The van der Waals surface area contributed by atoms with Crippen LogP contribution in [-0.2, 0) is 11.2 Å². The second-order valence-corrected chi connectivity index (χ2v) is 6.14. The zero-order valence-corrected chi connectivity index (χ0v) is 12.8. The van der Waals surface area contributed by atoms with Gasteiger partial charge in [0.25, 0.3) is 0 Å². The van der Waals surface area contributed by atoms with Crippen LogP contribution in [0.5, 0.6) is 0 Å². The summed E-state index contributed by atoms with van der Waals surface area (Å²) in [4.78, 5) is 0. The predicted molar refractivity (Wildman–Crippen MR) is 80.3 cm³/mol. The van der Waals surface area contributed by atoms with Gasteiger partial charge in [0, 0.05) is 20.2 Å². The summed E-state index contributed by atoms with van der Waals surface area (Å²) in [5.41, 5.74) is 0.547. The molecule has 4 heteroatoms. The van der Waals surface area contributed by atoms with E-state index >= 15 is 0 Å². The highest BCUT2D eigenvalue weighted by molar-refractivity contribution is 5.20. The number of benzene rings is 1. The molecular weight excluding hydrogens is 272 g/mol. The molecule has 21 heavy (non-hydrogen) atoms. The lowest BCUT2D eigenvalue weighted by molar-refractivity contribution is 0.161. The topological polar surface area (TPSA) is 21.3 Å². The van der Waals surface area contributed by atoms with Crippen molar-refractivity contribution in [3.05, 3.63) is 35.4 Å². The van der Waals surface area contributed by atoms with Gasteiger partial charge in [-0.05, 0) is 48.4 Å². The summed E-state index contributed by atoms with van der Waals surface area (Å²) in [7, 11) is 1.68. The molecule has 0 aromatic heterocycles. The van der Waals surface area contributed by atoms with Crippen LogP contribution in [-0.4, -0.2) is 26.8 Å². The Morgan fingerprint density at radius 3 is 2.67 bits per heavy atom. The maximum absolute atomic E-state index is 13.9. The first-order valence-electron chi connectivity index (χ1n) is 7.79. The Bertz CT molecular complexity index is 444. The first-order chi connectivity index (χ1) is 10.2. The fraction of sp³-hybridized carbons (Fsp3) is 0.647. The number of nitrogens with one attached hydrogen (secondary N) is 1. The number of rotatable bonds is 7. The molecule has 1 aromatic carbocycles. The molecule has 1 aliphatic rings. The van der Waals surface area contributed by atoms with E-state index in [0.29, 0.717) is 18.6 Å². The van der Waals surface area contributed by atoms with Crippen molar-refractivity contribution in [2.24, 2.45) is 5.41 Å². The Morgan fingerprint density at radius 1 is 1.19 bits per heavy atom. The van der Waals surface area contributed by atoms with Gasteiger partial charge in [-0.15, -0.1) is 0 Å². The van der Waals surface area contributed by atoms with Crippen LogP contribution in [0, 0.1) is 17.0 Å². The monoisotopic (exact) mass is 297 g/mol. The summed E-state index contributed by atoms with van der Waals surface area (Å²) in [5.74, 6) is -0.650. The van der Waals surface area contributed by atoms with Crippen molar-refractivity contribution in [1.29, 1.82) is 0 Å². The average Bonchev–Trinajstić information content (AvgIpc) is 2.49. The molecule has 0 aliphatic heterocycles. The predicted octanol–water partition coefficient (Wildman–Crippen LogP) is 3.69. The molecule has 1 fully saturated rings. The van der Waals surface area contributed by atoms with Crippen molar-refractivity contribution in [3.8, 4) is 0 Å². The van der Waals surface area contributed by atoms with Gasteiger partial charge < -0.3 is 10.1 Å². The molecule has 0 saturated heterocycles. The second kappa shape index (κ2) is 7.85. The summed E-state index contributed by atoms with van der Waals surface area (Å²) in [5, 5.41) is 3.41. The molecular formula is C17H25F2NO. The standard InChI is InChI=1S/C17H25F2NO/c1-21-10-9-20-13-17(7-3-2-4-8-17)12-14-11-15(18)5-6-16(14)19/h5-6,11,20H,2-4,7-10,12-13H2,1H3. The van der Waals surface area contributed by atoms with E-state index < -0.39 is 0 Å². The van der Waals surface area contributed by atoms with Crippen molar-refractivity contribution in [2.75, 3.05) is 26.8 Å². The van der Waals surface area contributed by atoms with Crippen LogP contribution in [0.15, 0.2) is 18.2 Å². The summed E-state index contributed by atoms with van der Waals surface area (Å²) in [6.07, 6.45) is 6.33. The van der Waals surface area contributed by atoms with Gasteiger partial charge in [0.1, 0.15) is 11.6 Å². The third kappa shape index (κ3) is 4.75. The lowest BCUT2D eigenvalue weighted by Gasteiger charge is -2.38. The minimum absolute atomic E-state index is 0.0423. The third-order valence-corrected chi connectivity index (χ3v) is 4.47. The minimum atomic E-state index is -0.357. The van der Waals surface area contributed by atoms with Crippen molar-refractivity contribution in [3.63, 3.8) is 0 Å². The molecule has 0 radical (unpaired) electrons. The van der Waals surface area contributed by atoms with E-state index in [1.165, 1.54) is 37.5 Å². The molecule has 2 nitrogen and oxygen atoms in total. The van der Waals surface area contributed by atoms with Gasteiger partial charge in [-0.1, -0.05) is 19.3 Å². The zero-order valence-electron chi connectivity index (χ0n) is 12.8. The van der Waals surface area contributed by atoms with Gasteiger partial charge in [-0.3, -0.25) is 0 Å². The van der Waals surface area contributed by atoms with Gasteiger partial charge >= 0.3 is 0 Å². The first kappa shape index (κ1) is 16.4. The Morgan fingerprint density at radius 2 is 1.95 bits per heavy atom. The first-order valence-corrected chi connectivity index (χ1v) is 7.79. The van der Waals surface area contributed by atoms with Crippen LogP contribution in [0.1, 0.15) is 37.7 Å². The molecule has 0 atom stereocenters. The highest BCUT2D eigenvalue weighted by Crippen LogP contribution is 2.39. The second-order valence-electron chi connectivity index (χ2n) is 6.14. The van der Waals surface area contributed by atoms with Crippen LogP contribution >= 0.6 is 0 Å². The van der Waals surface area contributed by atoms with Crippen LogP contribution < -0.4 is 5.32 Å². The molecule has 0 heterocycles. The Balaban J connectivity index is 2.06.